The number of hydrogen-bond acceptors (Lipinski definition) is 4. The highest BCUT2D eigenvalue weighted by Gasteiger charge is 2.06. The minimum Gasteiger partial charge on any atom is -0.266 e. The third kappa shape index (κ3) is 1.73. The molecule has 0 radical (unpaired) electrons. The minimum absolute atomic E-state index is 0.421. The zero-order valence-corrected chi connectivity index (χ0v) is 5.77. The van der Waals surface area contributed by atoms with Gasteiger partial charge in [-0.2, -0.15) is 0 Å². The maximum Gasteiger partial charge on any atom is 0.282 e. The van der Waals surface area contributed by atoms with Gasteiger partial charge in [0.25, 0.3) is 5.91 Å². The Kier molecular flexibility index (Phi) is 2.15. The predicted molar refractivity (Wildman–Crippen MR) is 38.8 cm³/mol. The molecule has 0 spiro atoms. The van der Waals surface area contributed by atoms with Gasteiger partial charge in [0.15, 0.2) is 0 Å². The number of rotatable bonds is 1. The van der Waals surface area contributed by atoms with Crippen LogP contribution in [-0.4, -0.2) is 16.0 Å². The first-order chi connectivity index (χ1) is 5.22. The third-order valence-corrected chi connectivity index (χ3v) is 1.16. The van der Waals surface area contributed by atoms with Crippen molar-refractivity contribution < 1.29 is 4.79 Å². The molecule has 1 heterocycles. The molecule has 58 valence electrons. The summed E-state index contributed by atoms with van der Waals surface area (Å²) in [6, 6.07) is 3.07. The summed E-state index contributed by atoms with van der Waals surface area (Å²) in [5.41, 5.74) is 0.421. The first-order valence-electron chi connectivity index (χ1n) is 2.95. The quantitative estimate of drug-likeness (QED) is 0.315. The van der Waals surface area contributed by atoms with E-state index in [9.17, 15) is 4.79 Å². The highest BCUT2D eigenvalue weighted by Crippen LogP contribution is 1.96. The zero-order chi connectivity index (χ0) is 8.27. The number of carbonyl (C=O) groups excluding carboxylic acids is 1. The molecule has 1 rings (SSSR count). The first kappa shape index (κ1) is 7.64. The summed E-state index contributed by atoms with van der Waals surface area (Å²) >= 11 is 0. The lowest BCUT2D eigenvalue weighted by Gasteiger charge is -2.07. The van der Waals surface area contributed by atoms with Crippen molar-refractivity contribution in [3.05, 3.63) is 30.1 Å². The van der Waals surface area contributed by atoms with Crippen molar-refractivity contribution in [2.24, 2.45) is 11.7 Å². The van der Waals surface area contributed by atoms with Gasteiger partial charge in [0, 0.05) is 18.0 Å². The van der Waals surface area contributed by atoms with Gasteiger partial charge >= 0.3 is 0 Å². The van der Waals surface area contributed by atoms with Gasteiger partial charge in [-0.3, -0.25) is 9.78 Å². The zero-order valence-electron chi connectivity index (χ0n) is 5.77. The Morgan fingerprint density at radius 2 is 1.91 bits per heavy atom. The van der Waals surface area contributed by atoms with E-state index in [1.54, 1.807) is 0 Å². The molecule has 4 N–H and O–H groups in total. The van der Waals surface area contributed by atoms with Gasteiger partial charge in [-0.1, -0.05) is 0 Å². The lowest BCUT2D eigenvalue weighted by Crippen LogP contribution is -2.43. The van der Waals surface area contributed by atoms with E-state index in [-0.39, 0.29) is 0 Å². The number of hydrazine groups is 2. The molecule has 0 saturated heterocycles. The molecule has 5 nitrogen and oxygen atoms in total. The highest BCUT2D eigenvalue weighted by molar-refractivity contribution is 5.93. The standard InChI is InChI=1S/C6H8N4O/c7-10(8)6(11)5-1-3-9-4-2-5/h1-4H,7-8H2. The summed E-state index contributed by atoms with van der Waals surface area (Å²) in [4.78, 5) is 14.7. The van der Waals surface area contributed by atoms with Gasteiger partial charge in [0.1, 0.15) is 0 Å². The fraction of sp³-hybridized carbons (Fsp3) is 0. The number of carbonyl (C=O) groups is 1. The Hall–Kier alpha value is -1.46. The van der Waals surface area contributed by atoms with Crippen LogP contribution in [0.4, 0.5) is 0 Å². The second-order valence-corrected chi connectivity index (χ2v) is 1.95. The van der Waals surface area contributed by atoms with Gasteiger partial charge in [0.2, 0.25) is 0 Å². The maximum atomic E-state index is 11.0. The van der Waals surface area contributed by atoms with Gasteiger partial charge in [-0.05, 0) is 12.1 Å². The van der Waals surface area contributed by atoms with Crippen LogP contribution < -0.4 is 11.7 Å². The maximum absolute atomic E-state index is 11.0. The van der Waals surface area contributed by atoms with E-state index in [1.165, 1.54) is 24.5 Å². The Labute approximate surface area is 63.6 Å². The molecule has 0 saturated carbocycles. The average Bonchev–Trinajstić information content (AvgIpc) is 2.05. The van der Waals surface area contributed by atoms with E-state index < -0.39 is 5.91 Å². The molecule has 0 aliphatic heterocycles. The van der Waals surface area contributed by atoms with E-state index in [1.807, 2.05) is 0 Å². The van der Waals surface area contributed by atoms with Gasteiger partial charge < -0.3 is 0 Å². The number of amides is 1. The molecule has 1 aromatic heterocycles. The van der Waals surface area contributed by atoms with Crippen LogP contribution in [-0.2, 0) is 0 Å². The largest absolute Gasteiger partial charge is 0.282 e. The van der Waals surface area contributed by atoms with Crippen LogP contribution in [0.3, 0.4) is 0 Å². The number of aromatic nitrogens is 1. The Balaban J connectivity index is 2.86. The first-order valence-corrected chi connectivity index (χ1v) is 2.95. The van der Waals surface area contributed by atoms with Crippen molar-refractivity contribution in [3.8, 4) is 0 Å². The molecule has 0 aliphatic carbocycles. The molecule has 0 fully saturated rings. The normalized spacial score (nSPS) is 9.27. The van der Waals surface area contributed by atoms with Crippen LogP contribution in [0.1, 0.15) is 10.4 Å². The molecular weight excluding hydrogens is 144 g/mol. The van der Waals surface area contributed by atoms with E-state index >= 15 is 0 Å². The van der Waals surface area contributed by atoms with Crippen molar-refractivity contribution in [1.29, 1.82) is 0 Å². The van der Waals surface area contributed by atoms with Crippen molar-refractivity contribution in [2.75, 3.05) is 0 Å². The molecule has 5 heteroatoms. The van der Waals surface area contributed by atoms with Gasteiger partial charge in [-0.15, -0.1) is 0 Å². The lowest BCUT2D eigenvalue weighted by molar-refractivity contribution is 0.0755. The topological polar surface area (TPSA) is 85.2 Å². The van der Waals surface area contributed by atoms with Crippen LogP contribution in [0.15, 0.2) is 24.5 Å². The monoisotopic (exact) mass is 152 g/mol. The lowest BCUT2D eigenvalue weighted by atomic mass is 10.2. The minimum atomic E-state index is -0.438. The van der Waals surface area contributed by atoms with E-state index in [0.29, 0.717) is 10.7 Å². The number of nitrogens with two attached hydrogens (primary N) is 2. The van der Waals surface area contributed by atoms with Crippen molar-refractivity contribution in [3.63, 3.8) is 0 Å². The second kappa shape index (κ2) is 3.09. The highest BCUT2D eigenvalue weighted by atomic mass is 16.2. The van der Waals surface area contributed by atoms with Crippen LogP contribution in [0.25, 0.3) is 0 Å². The third-order valence-electron chi connectivity index (χ3n) is 1.16. The molecule has 1 aromatic rings. The molecule has 0 atom stereocenters. The fourth-order valence-corrected chi connectivity index (χ4v) is 0.644. The molecule has 1 amide bonds. The molecule has 0 aromatic carbocycles. The molecule has 11 heavy (non-hydrogen) atoms. The molecule has 0 bridgehead atoms. The summed E-state index contributed by atoms with van der Waals surface area (Å²) in [5.74, 6) is 9.58. The molecule has 0 unspecified atom stereocenters. The predicted octanol–water partition coefficient (Wildman–Crippen LogP) is -0.729. The second-order valence-electron chi connectivity index (χ2n) is 1.95. The molecule has 0 aliphatic rings. The smallest absolute Gasteiger partial charge is 0.266 e. The Morgan fingerprint density at radius 3 is 2.36 bits per heavy atom. The van der Waals surface area contributed by atoms with E-state index in [0.717, 1.165) is 0 Å². The summed E-state index contributed by atoms with van der Waals surface area (Å²) < 4.78 is 0. The summed E-state index contributed by atoms with van der Waals surface area (Å²) in [5, 5.41) is 0.537. The fourth-order valence-electron chi connectivity index (χ4n) is 0.644. The average molecular weight is 152 g/mol. The van der Waals surface area contributed by atoms with Crippen molar-refractivity contribution in [2.45, 2.75) is 0 Å². The SMILES string of the molecule is NN(N)C(=O)c1ccncc1. The van der Waals surface area contributed by atoms with Gasteiger partial charge in [-0.25, -0.2) is 16.8 Å². The van der Waals surface area contributed by atoms with E-state index in [4.69, 9.17) is 11.7 Å². The van der Waals surface area contributed by atoms with Crippen molar-refractivity contribution >= 4 is 5.91 Å². The summed E-state index contributed by atoms with van der Waals surface area (Å²) in [6.07, 6.45) is 2.99. The van der Waals surface area contributed by atoms with Crippen LogP contribution in [0, 0.1) is 0 Å². The number of hydrogen-bond donors (Lipinski definition) is 2. The van der Waals surface area contributed by atoms with E-state index in [2.05, 4.69) is 4.98 Å². The molecular formula is C6H8N4O. The van der Waals surface area contributed by atoms with Crippen LogP contribution in [0.5, 0.6) is 0 Å². The van der Waals surface area contributed by atoms with Crippen molar-refractivity contribution in [1.82, 2.24) is 10.1 Å². The van der Waals surface area contributed by atoms with Gasteiger partial charge in [0.05, 0.1) is 0 Å². The summed E-state index contributed by atoms with van der Waals surface area (Å²) in [6.45, 7) is 0. The Bertz CT molecular complexity index is 246. The van der Waals surface area contributed by atoms with Crippen LogP contribution >= 0.6 is 0 Å². The number of pyridine rings is 1. The van der Waals surface area contributed by atoms with Crippen LogP contribution in [0.2, 0.25) is 0 Å². The Morgan fingerprint density at radius 1 is 1.36 bits per heavy atom. The summed E-state index contributed by atoms with van der Waals surface area (Å²) in [7, 11) is 0. The number of nitrogens with zero attached hydrogens (tertiary/aromatic N) is 2.